The van der Waals surface area contributed by atoms with Crippen LogP contribution in [-0.2, 0) is 0 Å². The van der Waals surface area contributed by atoms with E-state index in [1.54, 1.807) is 26.0 Å². The SMILES string of the molecule is Cc1cc([N+](=O)[O-])c(C)cc1OCC=CCN. The highest BCUT2D eigenvalue weighted by Gasteiger charge is 2.13. The minimum Gasteiger partial charge on any atom is -0.489 e. The van der Waals surface area contributed by atoms with E-state index in [-0.39, 0.29) is 10.6 Å². The molecule has 17 heavy (non-hydrogen) atoms. The van der Waals surface area contributed by atoms with Crippen LogP contribution in [0.25, 0.3) is 0 Å². The number of nitrogens with zero attached hydrogens (tertiary/aromatic N) is 1. The van der Waals surface area contributed by atoms with Crippen molar-refractivity contribution in [1.29, 1.82) is 0 Å². The van der Waals surface area contributed by atoms with E-state index in [1.165, 1.54) is 6.07 Å². The van der Waals surface area contributed by atoms with E-state index in [2.05, 4.69) is 0 Å². The van der Waals surface area contributed by atoms with Gasteiger partial charge in [0.15, 0.2) is 0 Å². The molecule has 2 N–H and O–H groups in total. The number of hydrogen-bond donors (Lipinski definition) is 1. The first-order chi connectivity index (χ1) is 8.06. The maximum atomic E-state index is 10.7. The number of nitro benzene ring substituents is 1. The molecule has 92 valence electrons. The fourth-order valence-electron chi connectivity index (χ4n) is 1.43. The van der Waals surface area contributed by atoms with Gasteiger partial charge in [-0.05, 0) is 25.5 Å². The number of hydrogen-bond acceptors (Lipinski definition) is 4. The number of nitrogens with two attached hydrogens (primary N) is 1. The Bertz CT molecular complexity index is 442. The molecule has 1 aromatic rings. The Balaban J connectivity index is 2.84. The third-order valence-corrected chi connectivity index (χ3v) is 2.33. The molecular weight excluding hydrogens is 220 g/mol. The van der Waals surface area contributed by atoms with Crippen molar-refractivity contribution in [3.8, 4) is 5.75 Å². The second-order valence-corrected chi connectivity index (χ2v) is 3.68. The van der Waals surface area contributed by atoms with Crippen LogP contribution in [-0.4, -0.2) is 18.1 Å². The number of rotatable bonds is 5. The number of benzene rings is 1. The third-order valence-electron chi connectivity index (χ3n) is 2.33. The first kappa shape index (κ1) is 13.2. The molecule has 5 nitrogen and oxygen atoms in total. The molecular formula is C12H16N2O3. The molecule has 5 heteroatoms. The topological polar surface area (TPSA) is 78.4 Å². The van der Waals surface area contributed by atoms with Crippen LogP contribution in [0.2, 0.25) is 0 Å². The van der Waals surface area contributed by atoms with Crippen molar-refractivity contribution in [1.82, 2.24) is 0 Å². The highest BCUT2D eigenvalue weighted by molar-refractivity contribution is 5.49. The predicted octanol–water partition coefficient (Wildman–Crippen LogP) is 2.11. The van der Waals surface area contributed by atoms with E-state index in [0.29, 0.717) is 24.5 Å². The molecule has 0 radical (unpaired) electrons. The Labute approximate surface area is 100 Å². The summed E-state index contributed by atoms with van der Waals surface area (Å²) in [7, 11) is 0. The van der Waals surface area contributed by atoms with Crippen LogP contribution in [0.15, 0.2) is 24.3 Å². The minimum absolute atomic E-state index is 0.118. The molecule has 0 saturated carbocycles. The molecule has 0 atom stereocenters. The van der Waals surface area contributed by atoms with E-state index >= 15 is 0 Å². The lowest BCUT2D eigenvalue weighted by Crippen LogP contribution is -2.00. The maximum absolute atomic E-state index is 10.7. The van der Waals surface area contributed by atoms with Crippen molar-refractivity contribution in [2.75, 3.05) is 13.2 Å². The molecule has 0 spiro atoms. The zero-order valence-electron chi connectivity index (χ0n) is 9.97. The van der Waals surface area contributed by atoms with Gasteiger partial charge in [-0.3, -0.25) is 10.1 Å². The van der Waals surface area contributed by atoms with Crippen molar-refractivity contribution in [3.63, 3.8) is 0 Å². The van der Waals surface area contributed by atoms with E-state index in [9.17, 15) is 10.1 Å². The zero-order valence-corrected chi connectivity index (χ0v) is 9.97. The largest absolute Gasteiger partial charge is 0.489 e. The van der Waals surface area contributed by atoms with Gasteiger partial charge in [0.05, 0.1) is 4.92 Å². The fourth-order valence-corrected chi connectivity index (χ4v) is 1.43. The number of ether oxygens (including phenoxy) is 1. The van der Waals surface area contributed by atoms with Crippen LogP contribution in [0, 0.1) is 24.0 Å². The van der Waals surface area contributed by atoms with Crippen molar-refractivity contribution >= 4 is 5.69 Å². The quantitative estimate of drug-likeness (QED) is 0.482. The van der Waals surface area contributed by atoms with Gasteiger partial charge in [0.2, 0.25) is 0 Å². The summed E-state index contributed by atoms with van der Waals surface area (Å²) in [5.74, 6) is 0.662. The lowest BCUT2D eigenvalue weighted by molar-refractivity contribution is -0.385. The Morgan fingerprint density at radius 1 is 1.35 bits per heavy atom. The van der Waals surface area contributed by atoms with Crippen molar-refractivity contribution in [2.45, 2.75) is 13.8 Å². The summed E-state index contributed by atoms with van der Waals surface area (Å²) in [5.41, 5.74) is 6.76. The molecule has 0 aliphatic carbocycles. The van der Waals surface area contributed by atoms with Gasteiger partial charge in [-0.25, -0.2) is 0 Å². The highest BCUT2D eigenvalue weighted by atomic mass is 16.6. The van der Waals surface area contributed by atoms with Crippen LogP contribution in [0.1, 0.15) is 11.1 Å². The smallest absolute Gasteiger partial charge is 0.272 e. The lowest BCUT2D eigenvalue weighted by Gasteiger charge is -2.08. The van der Waals surface area contributed by atoms with Crippen LogP contribution in [0.5, 0.6) is 5.75 Å². The van der Waals surface area contributed by atoms with Crippen LogP contribution in [0.3, 0.4) is 0 Å². The highest BCUT2D eigenvalue weighted by Crippen LogP contribution is 2.27. The van der Waals surface area contributed by atoms with Gasteiger partial charge < -0.3 is 10.5 Å². The van der Waals surface area contributed by atoms with Gasteiger partial charge in [-0.2, -0.15) is 0 Å². The van der Waals surface area contributed by atoms with E-state index in [0.717, 1.165) is 5.56 Å². The van der Waals surface area contributed by atoms with Crippen molar-refractivity contribution in [3.05, 3.63) is 45.5 Å². The minimum atomic E-state index is -0.388. The summed E-state index contributed by atoms with van der Waals surface area (Å²) in [6, 6.07) is 3.21. The van der Waals surface area contributed by atoms with Gasteiger partial charge in [0.1, 0.15) is 12.4 Å². The Morgan fingerprint density at radius 3 is 2.65 bits per heavy atom. The monoisotopic (exact) mass is 236 g/mol. The molecule has 0 aromatic heterocycles. The first-order valence-corrected chi connectivity index (χ1v) is 5.29. The Hall–Kier alpha value is -1.88. The average molecular weight is 236 g/mol. The molecule has 0 bridgehead atoms. The molecule has 0 amide bonds. The van der Waals surface area contributed by atoms with Crippen molar-refractivity contribution < 1.29 is 9.66 Å². The molecule has 1 rings (SSSR count). The van der Waals surface area contributed by atoms with Gasteiger partial charge in [-0.1, -0.05) is 12.2 Å². The third kappa shape index (κ3) is 3.57. The average Bonchev–Trinajstić information content (AvgIpc) is 2.28. The molecule has 1 aromatic carbocycles. The molecule has 0 aliphatic heterocycles. The fraction of sp³-hybridized carbons (Fsp3) is 0.333. The van der Waals surface area contributed by atoms with Crippen LogP contribution >= 0.6 is 0 Å². The van der Waals surface area contributed by atoms with Crippen LogP contribution in [0.4, 0.5) is 5.69 Å². The summed E-state index contributed by atoms with van der Waals surface area (Å²) in [5, 5.41) is 10.7. The van der Waals surface area contributed by atoms with Gasteiger partial charge in [-0.15, -0.1) is 0 Å². The molecule has 0 fully saturated rings. The van der Waals surface area contributed by atoms with E-state index in [1.807, 2.05) is 6.08 Å². The zero-order chi connectivity index (χ0) is 12.8. The van der Waals surface area contributed by atoms with Gasteiger partial charge in [0, 0.05) is 18.2 Å². The number of aryl methyl sites for hydroxylation is 2. The standard InChI is InChI=1S/C12H16N2O3/c1-9-8-12(17-6-4-3-5-13)10(2)7-11(9)14(15)16/h3-4,7-8H,5-6,13H2,1-2H3. The number of nitro groups is 1. The molecule has 0 heterocycles. The summed E-state index contributed by atoms with van der Waals surface area (Å²) in [6.45, 7) is 4.37. The Kier molecular flexibility index (Phi) is 4.66. The van der Waals surface area contributed by atoms with E-state index in [4.69, 9.17) is 10.5 Å². The summed E-state index contributed by atoms with van der Waals surface area (Å²) < 4.78 is 5.49. The van der Waals surface area contributed by atoms with Crippen molar-refractivity contribution in [2.24, 2.45) is 5.73 Å². The predicted molar refractivity (Wildman–Crippen MR) is 66.3 cm³/mol. The lowest BCUT2D eigenvalue weighted by atomic mass is 10.1. The Morgan fingerprint density at radius 2 is 2.06 bits per heavy atom. The summed E-state index contributed by atoms with van der Waals surface area (Å²) in [4.78, 5) is 10.3. The second-order valence-electron chi connectivity index (χ2n) is 3.68. The van der Waals surface area contributed by atoms with Crippen LogP contribution < -0.4 is 10.5 Å². The van der Waals surface area contributed by atoms with Gasteiger partial charge in [0.25, 0.3) is 5.69 Å². The van der Waals surface area contributed by atoms with Gasteiger partial charge >= 0.3 is 0 Å². The molecule has 0 unspecified atom stereocenters. The summed E-state index contributed by atoms with van der Waals surface area (Å²) >= 11 is 0. The molecule has 0 aliphatic rings. The molecule has 0 saturated heterocycles. The first-order valence-electron chi connectivity index (χ1n) is 5.29. The summed E-state index contributed by atoms with van der Waals surface area (Å²) in [6.07, 6.45) is 3.61. The maximum Gasteiger partial charge on any atom is 0.272 e. The van der Waals surface area contributed by atoms with E-state index < -0.39 is 0 Å². The normalized spacial score (nSPS) is 10.8. The second kappa shape index (κ2) is 6.00.